The monoisotopic (exact) mass is 409 g/mol. The fraction of sp³-hybridized carbons (Fsp3) is 0.474. The Hall–Kier alpha value is -2.39. The molecule has 28 heavy (non-hydrogen) atoms. The van der Waals surface area contributed by atoms with Crippen molar-refractivity contribution in [3.8, 4) is 5.88 Å². The molecule has 0 bridgehead atoms. The van der Waals surface area contributed by atoms with E-state index in [-0.39, 0.29) is 16.3 Å². The fourth-order valence-electron chi connectivity index (χ4n) is 3.20. The quantitative estimate of drug-likeness (QED) is 0.524. The number of carbonyl (C=O) groups excluding carboxylic acids is 1. The SMILES string of the molecule is CCOCCN(C)c1c(S(C)(=O)=O)ccc(C(=O)c2c(C)nn(C)c2O)c1C. The summed E-state index contributed by atoms with van der Waals surface area (Å²) in [6, 6.07) is 2.92. The summed E-state index contributed by atoms with van der Waals surface area (Å²) in [6.07, 6.45) is 1.14. The van der Waals surface area contributed by atoms with Crippen LogP contribution in [0.15, 0.2) is 17.0 Å². The smallest absolute Gasteiger partial charge is 0.220 e. The third kappa shape index (κ3) is 4.20. The first-order valence-electron chi connectivity index (χ1n) is 8.90. The molecule has 1 aromatic heterocycles. The van der Waals surface area contributed by atoms with Crippen molar-refractivity contribution in [3.63, 3.8) is 0 Å². The van der Waals surface area contributed by atoms with E-state index in [0.717, 1.165) is 6.26 Å². The highest BCUT2D eigenvalue weighted by atomic mass is 32.2. The highest BCUT2D eigenvalue weighted by Gasteiger charge is 2.27. The van der Waals surface area contributed by atoms with E-state index in [0.29, 0.717) is 42.3 Å². The number of aromatic nitrogens is 2. The molecule has 0 saturated heterocycles. The molecule has 0 saturated carbocycles. The maximum Gasteiger partial charge on any atom is 0.220 e. The van der Waals surface area contributed by atoms with Gasteiger partial charge in [0.25, 0.3) is 0 Å². The summed E-state index contributed by atoms with van der Waals surface area (Å²) in [7, 11) is -0.202. The number of nitrogens with zero attached hydrogens (tertiary/aromatic N) is 3. The highest BCUT2D eigenvalue weighted by molar-refractivity contribution is 7.90. The van der Waals surface area contributed by atoms with Crippen molar-refractivity contribution in [3.05, 3.63) is 34.5 Å². The van der Waals surface area contributed by atoms with Crippen molar-refractivity contribution in [2.45, 2.75) is 25.7 Å². The zero-order valence-corrected chi connectivity index (χ0v) is 17.9. The lowest BCUT2D eigenvalue weighted by atomic mass is 9.97. The molecule has 0 aliphatic heterocycles. The molecule has 2 aromatic rings. The summed E-state index contributed by atoms with van der Waals surface area (Å²) in [4.78, 5) is 15.0. The number of carbonyl (C=O) groups is 1. The first-order chi connectivity index (χ1) is 13.0. The number of rotatable bonds is 8. The Morgan fingerprint density at radius 3 is 2.46 bits per heavy atom. The average Bonchev–Trinajstić information content (AvgIpc) is 2.85. The van der Waals surface area contributed by atoms with Crippen LogP contribution in [0.25, 0.3) is 0 Å². The lowest BCUT2D eigenvalue weighted by molar-refractivity contribution is 0.103. The van der Waals surface area contributed by atoms with Crippen LogP contribution in [0.5, 0.6) is 5.88 Å². The van der Waals surface area contributed by atoms with Crippen molar-refractivity contribution in [2.24, 2.45) is 7.05 Å². The summed E-state index contributed by atoms with van der Waals surface area (Å²) in [5.41, 5.74) is 1.81. The number of ketones is 1. The Morgan fingerprint density at radius 1 is 1.32 bits per heavy atom. The number of benzene rings is 1. The minimum atomic E-state index is -3.51. The van der Waals surface area contributed by atoms with Gasteiger partial charge in [0, 0.05) is 39.1 Å². The summed E-state index contributed by atoms with van der Waals surface area (Å²) >= 11 is 0. The lowest BCUT2D eigenvalue weighted by Gasteiger charge is -2.25. The van der Waals surface area contributed by atoms with Gasteiger partial charge in [-0.05, 0) is 38.5 Å². The third-order valence-electron chi connectivity index (χ3n) is 4.61. The minimum Gasteiger partial charge on any atom is -0.493 e. The molecule has 1 N–H and O–H groups in total. The average molecular weight is 410 g/mol. The molecule has 154 valence electrons. The molecule has 0 atom stereocenters. The van der Waals surface area contributed by atoms with E-state index in [4.69, 9.17) is 4.74 Å². The molecule has 0 spiro atoms. The fourth-order valence-corrected chi connectivity index (χ4v) is 4.17. The molecule has 0 radical (unpaired) electrons. The standard InChI is InChI=1S/C19H27N3O5S/c1-7-27-11-10-21(4)17-12(2)14(8-9-15(17)28(6,25)26)18(23)16-13(3)20-22(5)19(16)24/h8-9,24H,7,10-11H2,1-6H3. The maximum atomic E-state index is 13.1. The van der Waals surface area contributed by atoms with Gasteiger partial charge in [0.05, 0.1) is 22.9 Å². The zero-order chi connectivity index (χ0) is 21.2. The molecule has 0 aliphatic rings. The number of hydrogen-bond acceptors (Lipinski definition) is 7. The normalized spacial score (nSPS) is 11.6. The van der Waals surface area contributed by atoms with E-state index in [9.17, 15) is 18.3 Å². The molecular weight excluding hydrogens is 382 g/mol. The predicted octanol–water partition coefficient (Wildman–Crippen LogP) is 1.85. The number of sulfone groups is 1. The third-order valence-corrected chi connectivity index (χ3v) is 5.74. The number of anilines is 1. The maximum absolute atomic E-state index is 13.1. The molecule has 0 unspecified atom stereocenters. The van der Waals surface area contributed by atoms with Crippen LogP contribution in [0.1, 0.15) is 34.1 Å². The van der Waals surface area contributed by atoms with Crippen molar-refractivity contribution < 1.29 is 23.1 Å². The first-order valence-corrected chi connectivity index (χ1v) is 10.8. The topological polar surface area (TPSA) is 102 Å². The van der Waals surface area contributed by atoms with E-state index < -0.39 is 15.6 Å². The van der Waals surface area contributed by atoms with Crippen LogP contribution < -0.4 is 4.90 Å². The van der Waals surface area contributed by atoms with Crippen LogP contribution in [0.4, 0.5) is 5.69 Å². The van der Waals surface area contributed by atoms with Gasteiger partial charge >= 0.3 is 0 Å². The minimum absolute atomic E-state index is 0.112. The van der Waals surface area contributed by atoms with Crippen LogP contribution in [0.3, 0.4) is 0 Å². The summed E-state index contributed by atoms with van der Waals surface area (Å²) in [6.45, 7) is 6.68. The number of likely N-dealkylation sites (N-methyl/N-ethyl adjacent to an activating group) is 1. The van der Waals surface area contributed by atoms with Gasteiger partial charge in [0.15, 0.2) is 9.84 Å². The molecule has 0 amide bonds. The van der Waals surface area contributed by atoms with Gasteiger partial charge in [-0.2, -0.15) is 5.10 Å². The Kier molecular flexibility index (Phi) is 6.51. The molecule has 1 heterocycles. The lowest BCUT2D eigenvalue weighted by Crippen LogP contribution is -2.26. The van der Waals surface area contributed by atoms with Crippen molar-refractivity contribution in [2.75, 3.05) is 38.0 Å². The number of hydrogen-bond donors (Lipinski definition) is 1. The highest BCUT2D eigenvalue weighted by Crippen LogP contribution is 2.33. The largest absolute Gasteiger partial charge is 0.493 e. The van der Waals surface area contributed by atoms with Gasteiger partial charge in [0.1, 0.15) is 5.56 Å². The van der Waals surface area contributed by atoms with E-state index in [1.807, 2.05) is 6.92 Å². The summed E-state index contributed by atoms with van der Waals surface area (Å²) in [5, 5.41) is 14.3. The van der Waals surface area contributed by atoms with Crippen LogP contribution in [0.2, 0.25) is 0 Å². The van der Waals surface area contributed by atoms with Gasteiger partial charge < -0.3 is 14.7 Å². The van der Waals surface area contributed by atoms with E-state index >= 15 is 0 Å². The Morgan fingerprint density at radius 2 is 1.96 bits per heavy atom. The van der Waals surface area contributed by atoms with Crippen molar-refractivity contribution in [1.29, 1.82) is 0 Å². The summed E-state index contributed by atoms with van der Waals surface area (Å²) < 4.78 is 31.2. The second-order valence-corrected chi connectivity index (χ2v) is 8.70. The first kappa shape index (κ1) is 21.9. The Balaban J connectivity index is 2.62. The number of aromatic hydroxyl groups is 1. The molecule has 1 aromatic carbocycles. The van der Waals surface area contributed by atoms with Crippen LogP contribution >= 0.6 is 0 Å². The van der Waals surface area contributed by atoms with E-state index in [1.165, 1.54) is 16.8 Å². The predicted molar refractivity (Wildman–Crippen MR) is 107 cm³/mol. The zero-order valence-electron chi connectivity index (χ0n) is 17.1. The molecular formula is C19H27N3O5S. The van der Waals surface area contributed by atoms with Crippen molar-refractivity contribution in [1.82, 2.24) is 9.78 Å². The molecule has 2 rings (SSSR count). The second kappa shape index (κ2) is 8.32. The molecule has 8 nitrogen and oxygen atoms in total. The van der Waals surface area contributed by atoms with Gasteiger partial charge in [-0.15, -0.1) is 0 Å². The summed E-state index contributed by atoms with van der Waals surface area (Å²) in [5.74, 6) is -0.625. The van der Waals surface area contributed by atoms with Gasteiger partial charge in [-0.3, -0.25) is 4.79 Å². The molecule has 9 heteroatoms. The van der Waals surface area contributed by atoms with E-state index in [2.05, 4.69) is 5.10 Å². The van der Waals surface area contributed by atoms with Crippen molar-refractivity contribution >= 4 is 21.3 Å². The van der Waals surface area contributed by atoms with Gasteiger partial charge in [-0.25, -0.2) is 13.1 Å². The number of aryl methyl sites for hydroxylation is 2. The molecule has 0 fully saturated rings. The number of ether oxygens (including phenoxy) is 1. The van der Waals surface area contributed by atoms with Crippen LogP contribution in [0, 0.1) is 13.8 Å². The second-order valence-electron chi connectivity index (χ2n) is 6.71. The van der Waals surface area contributed by atoms with Crippen LogP contribution in [-0.4, -0.2) is 62.2 Å². The molecule has 0 aliphatic carbocycles. The Bertz CT molecular complexity index is 995. The van der Waals surface area contributed by atoms with E-state index in [1.54, 1.807) is 32.8 Å². The van der Waals surface area contributed by atoms with Gasteiger partial charge in [0.2, 0.25) is 11.7 Å². The Labute approximate surface area is 165 Å². The van der Waals surface area contributed by atoms with Crippen LogP contribution in [-0.2, 0) is 21.6 Å². The van der Waals surface area contributed by atoms with Gasteiger partial charge in [-0.1, -0.05) is 0 Å².